The van der Waals surface area contributed by atoms with Crippen LogP contribution in [0.5, 0.6) is 0 Å². The van der Waals surface area contributed by atoms with Crippen LogP contribution in [-0.4, -0.2) is 28.4 Å². The summed E-state index contributed by atoms with van der Waals surface area (Å²) in [6.07, 6.45) is 4.80. The molecule has 0 bridgehead atoms. The highest BCUT2D eigenvalue weighted by Crippen LogP contribution is 2.24. The first kappa shape index (κ1) is 22.9. The van der Waals surface area contributed by atoms with Gasteiger partial charge in [-0.05, 0) is 61.9 Å². The van der Waals surface area contributed by atoms with Crippen molar-refractivity contribution in [2.45, 2.75) is 38.3 Å². The number of carboxylic acid groups (broad SMARTS) is 1. The molecule has 31 heavy (non-hydrogen) atoms. The van der Waals surface area contributed by atoms with E-state index in [0.29, 0.717) is 18.7 Å². The second-order valence-corrected chi connectivity index (χ2v) is 8.52. The monoisotopic (exact) mass is 434 g/mol. The van der Waals surface area contributed by atoms with Gasteiger partial charge in [-0.25, -0.2) is 4.79 Å². The van der Waals surface area contributed by atoms with Gasteiger partial charge in [-0.3, -0.25) is 0 Å². The van der Waals surface area contributed by atoms with Crippen molar-refractivity contribution < 1.29 is 9.90 Å². The average molecular weight is 435 g/mol. The number of aromatic nitrogens is 1. The van der Waals surface area contributed by atoms with Crippen LogP contribution in [0.15, 0.2) is 60.0 Å². The zero-order chi connectivity index (χ0) is 22.4. The summed E-state index contributed by atoms with van der Waals surface area (Å²) in [4.78, 5) is 13.3. The van der Waals surface area contributed by atoms with Crippen molar-refractivity contribution in [3.63, 3.8) is 0 Å². The minimum absolute atomic E-state index is 0.414. The second-order valence-electron chi connectivity index (χ2n) is 7.64. The van der Waals surface area contributed by atoms with Gasteiger partial charge in [0.1, 0.15) is 0 Å². The SMILES string of the molecule is C=Cc1ccc(Cn2c(C)c(CNCCc3ccc(SC)cc3)c(C(=O)O)c2C)cc1. The highest BCUT2D eigenvalue weighted by molar-refractivity contribution is 7.98. The number of carbonyl (C=O) groups is 1. The number of thioether (sulfide) groups is 1. The van der Waals surface area contributed by atoms with Crippen LogP contribution in [-0.2, 0) is 19.5 Å². The largest absolute Gasteiger partial charge is 0.478 e. The molecule has 0 amide bonds. The summed E-state index contributed by atoms with van der Waals surface area (Å²) in [5.74, 6) is -0.870. The van der Waals surface area contributed by atoms with Crippen LogP contribution in [0, 0.1) is 13.8 Å². The van der Waals surface area contributed by atoms with Crippen LogP contribution in [0.3, 0.4) is 0 Å². The molecule has 162 valence electrons. The smallest absolute Gasteiger partial charge is 0.337 e. The highest BCUT2D eigenvalue weighted by Gasteiger charge is 2.22. The van der Waals surface area contributed by atoms with Crippen molar-refractivity contribution >= 4 is 23.8 Å². The van der Waals surface area contributed by atoms with Crippen molar-refractivity contribution in [2.75, 3.05) is 12.8 Å². The molecule has 0 fully saturated rings. The Morgan fingerprint density at radius 1 is 1.06 bits per heavy atom. The molecule has 0 aliphatic heterocycles. The Kier molecular flexibility index (Phi) is 7.77. The van der Waals surface area contributed by atoms with Gasteiger partial charge < -0.3 is 15.0 Å². The van der Waals surface area contributed by atoms with Crippen molar-refractivity contribution in [1.29, 1.82) is 0 Å². The van der Waals surface area contributed by atoms with E-state index in [0.717, 1.165) is 41.0 Å². The molecule has 0 radical (unpaired) electrons. The Morgan fingerprint density at radius 2 is 1.71 bits per heavy atom. The van der Waals surface area contributed by atoms with E-state index in [1.165, 1.54) is 10.5 Å². The van der Waals surface area contributed by atoms with E-state index in [-0.39, 0.29) is 0 Å². The molecule has 0 aliphatic carbocycles. The number of benzene rings is 2. The summed E-state index contributed by atoms with van der Waals surface area (Å²) < 4.78 is 2.10. The number of hydrogen-bond donors (Lipinski definition) is 2. The second kappa shape index (κ2) is 10.5. The number of nitrogens with zero attached hydrogens (tertiary/aromatic N) is 1. The Hall–Kier alpha value is -2.76. The summed E-state index contributed by atoms with van der Waals surface area (Å²) >= 11 is 1.74. The molecule has 2 N–H and O–H groups in total. The molecule has 0 spiro atoms. The fourth-order valence-corrected chi connectivity index (χ4v) is 4.27. The molecule has 1 heterocycles. The first-order valence-electron chi connectivity index (χ1n) is 10.4. The lowest BCUT2D eigenvalue weighted by molar-refractivity contribution is 0.0694. The van der Waals surface area contributed by atoms with Crippen LogP contribution in [0.2, 0.25) is 0 Å². The topological polar surface area (TPSA) is 54.3 Å². The first-order valence-corrected chi connectivity index (χ1v) is 11.6. The molecule has 0 saturated carbocycles. The number of aromatic carboxylic acids is 1. The van der Waals surface area contributed by atoms with E-state index in [2.05, 4.69) is 59.1 Å². The summed E-state index contributed by atoms with van der Waals surface area (Å²) in [6.45, 7) is 9.68. The van der Waals surface area contributed by atoms with E-state index < -0.39 is 5.97 Å². The minimum Gasteiger partial charge on any atom is -0.478 e. The summed E-state index contributed by atoms with van der Waals surface area (Å²) in [5.41, 5.74) is 6.56. The van der Waals surface area contributed by atoms with Crippen LogP contribution >= 0.6 is 11.8 Å². The van der Waals surface area contributed by atoms with Crippen LogP contribution in [0.25, 0.3) is 6.08 Å². The van der Waals surface area contributed by atoms with Gasteiger partial charge in [0.25, 0.3) is 0 Å². The van der Waals surface area contributed by atoms with Crippen molar-refractivity contribution in [3.05, 3.63) is 94.3 Å². The maximum atomic E-state index is 12.0. The normalized spacial score (nSPS) is 10.9. The molecular formula is C26H30N2O2S. The standard InChI is InChI=1S/C26H30N2O2S/c1-5-20-6-8-22(9-7-20)17-28-18(2)24(25(19(28)3)26(29)30)16-27-15-14-21-10-12-23(31-4)13-11-21/h5-13,27H,1,14-17H2,2-4H3,(H,29,30). The lowest BCUT2D eigenvalue weighted by Crippen LogP contribution is -2.18. The number of hydrogen-bond acceptors (Lipinski definition) is 3. The van der Waals surface area contributed by atoms with Gasteiger partial charge in [-0.1, -0.05) is 49.1 Å². The van der Waals surface area contributed by atoms with Gasteiger partial charge in [-0.2, -0.15) is 0 Å². The number of nitrogens with one attached hydrogen (secondary N) is 1. The lowest BCUT2D eigenvalue weighted by atomic mass is 10.1. The van der Waals surface area contributed by atoms with Crippen LogP contribution < -0.4 is 5.32 Å². The molecule has 5 heteroatoms. The third kappa shape index (κ3) is 5.49. The number of carboxylic acids is 1. The van der Waals surface area contributed by atoms with Crippen LogP contribution in [0.4, 0.5) is 0 Å². The Labute approximate surface area is 189 Å². The van der Waals surface area contributed by atoms with Gasteiger partial charge >= 0.3 is 5.97 Å². The molecule has 4 nitrogen and oxygen atoms in total. The zero-order valence-electron chi connectivity index (χ0n) is 18.4. The predicted octanol–water partition coefficient (Wildman–Crippen LogP) is 5.55. The molecule has 0 unspecified atom stereocenters. The number of rotatable bonds is 10. The van der Waals surface area contributed by atoms with Gasteiger partial charge in [-0.15, -0.1) is 11.8 Å². The maximum absolute atomic E-state index is 12.0. The third-order valence-corrected chi connectivity index (χ3v) is 6.47. The third-order valence-electron chi connectivity index (χ3n) is 5.73. The maximum Gasteiger partial charge on any atom is 0.337 e. The molecule has 0 atom stereocenters. The molecule has 0 aliphatic rings. The van der Waals surface area contributed by atoms with Crippen molar-refractivity contribution in [3.8, 4) is 0 Å². The lowest BCUT2D eigenvalue weighted by Gasteiger charge is -2.11. The first-order chi connectivity index (χ1) is 14.9. The zero-order valence-corrected chi connectivity index (χ0v) is 19.3. The fraction of sp³-hybridized carbons (Fsp3) is 0.269. The quantitative estimate of drug-likeness (QED) is 0.325. The van der Waals surface area contributed by atoms with E-state index in [4.69, 9.17) is 0 Å². The van der Waals surface area contributed by atoms with Gasteiger partial charge in [0.15, 0.2) is 0 Å². The predicted molar refractivity (Wildman–Crippen MR) is 130 cm³/mol. The highest BCUT2D eigenvalue weighted by atomic mass is 32.2. The van der Waals surface area contributed by atoms with E-state index in [9.17, 15) is 9.90 Å². The Morgan fingerprint density at radius 3 is 2.29 bits per heavy atom. The molecule has 3 rings (SSSR count). The Balaban J connectivity index is 1.71. The average Bonchev–Trinajstić information content (AvgIpc) is 3.02. The summed E-state index contributed by atoms with van der Waals surface area (Å²) in [5, 5.41) is 13.3. The van der Waals surface area contributed by atoms with Gasteiger partial charge in [0.2, 0.25) is 0 Å². The van der Waals surface area contributed by atoms with E-state index in [1.807, 2.05) is 32.1 Å². The van der Waals surface area contributed by atoms with E-state index in [1.54, 1.807) is 11.8 Å². The fourth-order valence-electron chi connectivity index (χ4n) is 3.87. The minimum atomic E-state index is -0.870. The molecule has 3 aromatic rings. The van der Waals surface area contributed by atoms with Crippen molar-refractivity contribution in [2.24, 2.45) is 0 Å². The molecule has 1 aromatic heterocycles. The summed E-state index contributed by atoms with van der Waals surface area (Å²) in [7, 11) is 0. The van der Waals surface area contributed by atoms with Gasteiger partial charge in [0.05, 0.1) is 5.56 Å². The summed E-state index contributed by atoms with van der Waals surface area (Å²) in [6, 6.07) is 16.8. The van der Waals surface area contributed by atoms with Crippen LogP contribution in [0.1, 0.15) is 44.0 Å². The molecule has 0 saturated heterocycles. The van der Waals surface area contributed by atoms with E-state index >= 15 is 0 Å². The van der Waals surface area contributed by atoms with Gasteiger partial charge in [0, 0.05) is 34.9 Å². The molecular weight excluding hydrogens is 404 g/mol. The molecule has 2 aromatic carbocycles. The van der Waals surface area contributed by atoms with Crippen molar-refractivity contribution in [1.82, 2.24) is 9.88 Å². The Bertz CT molecular complexity index is 1050.